The van der Waals surface area contributed by atoms with Gasteiger partial charge < -0.3 is 11.1 Å². The Kier molecular flexibility index (Phi) is 4.25. The van der Waals surface area contributed by atoms with Crippen molar-refractivity contribution in [2.24, 2.45) is 11.7 Å². The summed E-state index contributed by atoms with van der Waals surface area (Å²) in [5, 5.41) is 3.13. The van der Waals surface area contributed by atoms with Crippen LogP contribution in [0.2, 0.25) is 0 Å². The third kappa shape index (κ3) is 4.06. The van der Waals surface area contributed by atoms with Gasteiger partial charge in [0.15, 0.2) is 0 Å². The zero-order valence-electron chi connectivity index (χ0n) is 11.9. The van der Waals surface area contributed by atoms with E-state index < -0.39 is 0 Å². The van der Waals surface area contributed by atoms with Crippen LogP contribution < -0.4 is 11.1 Å². The van der Waals surface area contributed by atoms with Gasteiger partial charge in [0.25, 0.3) is 0 Å². The summed E-state index contributed by atoms with van der Waals surface area (Å²) in [5.74, 6) is 0.766. The molecule has 0 bridgehead atoms. The molecule has 0 heterocycles. The smallest absolute Gasteiger partial charge is 0.220 e. The van der Waals surface area contributed by atoms with Crippen molar-refractivity contribution in [2.45, 2.75) is 51.1 Å². The molecular formula is C16H24N2O. The SMILES string of the molecule is CC(C)(NC(=O)CCC(N)c1ccccc1)C1CC1. The zero-order valence-corrected chi connectivity index (χ0v) is 11.9. The van der Waals surface area contributed by atoms with Crippen LogP contribution in [0.4, 0.5) is 0 Å². The number of rotatable bonds is 6. The molecule has 1 amide bonds. The number of carbonyl (C=O) groups excluding carboxylic acids is 1. The third-order valence-electron chi connectivity index (χ3n) is 3.97. The summed E-state index contributed by atoms with van der Waals surface area (Å²) in [7, 11) is 0. The van der Waals surface area contributed by atoms with E-state index in [1.807, 2.05) is 30.3 Å². The second kappa shape index (κ2) is 5.74. The Morgan fingerprint density at radius 3 is 2.58 bits per heavy atom. The molecule has 0 spiro atoms. The molecule has 1 aliphatic carbocycles. The Morgan fingerprint density at radius 1 is 1.37 bits per heavy atom. The molecule has 0 saturated heterocycles. The Morgan fingerprint density at radius 2 is 2.00 bits per heavy atom. The molecule has 0 aromatic heterocycles. The van der Waals surface area contributed by atoms with Gasteiger partial charge in [-0.05, 0) is 44.6 Å². The fraction of sp³-hybridized carbons (Fsp3) is 0.562. The number of benzene rings is 1. The van der Waals surface area contributed by atoms with Gasteiger partial charge in [-0.2, -0.15) is 0 Å². The van der Waals surface area contributed by atoms with E-state index >= 15 is 0 Å². The second-order valence-corrected chi connectivity index (χ2v) is 6.10. The Balaban J connectivity index is 1.77. The molecule has 3 N–H and O–H groups in total. The summed E-state index contributed by atoms with van der Waals surface area (Å²) >= 11 is 0. The summed E-state index contributed by atoms with van der Waals surface area (Å²) in [6.07, 6.45) is 3.65. The van der Waals surface area contributed by atoms with Crippen molar-refractivity contribution in [3.05, 3.63) is 35.9 Å². The van der Waals surface area contributed by atoms with Crippen LogP contribution in [0.5, 0.6) is 0 Å². The molecule has 1 atom stereocenters. The van der Waals surface area contributed by atoms with Gasteiger partial charge in [0.05, 0.1) is 0 Å². The van der Waals surface area contributed by atoms with Gasteiger partial charge >= 0.3 is 0 Å². The van der Waals surface area contributed by atoms with E-state index in [1.165, 1.54) is 12.8 Å². The quantitative estimate of drug-likeness (QED) is 0.826. The van der Waals surface area contributed by atoms with E-state index in [-0.39, 0.29) is 17.5 Å². The summed E-state index contributed by atoms with van der Waals surface area (Å²) in [4.78, 5) is 12.0. The van der Waals surface area contributed by atoms with Crippen molar-refractivity contribution >= 4 is 5.91 Å². The van der Waals surface area contributed by atoms with Gasteiger partial charge in [-0.25, -0.2) is 0 Å². The molecule has 3 nitrogen and oxygen atoms in total. The number of hydrogen-bond donors (Lipinski definition) is 2. The highest BCUT2D eigenvalue weighted by Gasteiger charge is 2.38. The molecule has 0 aliphatic heterocycles. The normalized spacial score (nSPS) is 17.0. The average Bonchev–Trinajstić information content (AvgIpc) is 3.21. The van der Waals surface area contributed by atoms with Crippen molar-refractivity contribution in [1.29, 1.82) is 0 Å². The highest BCUT2D eigenvalue weighted by atomic mass is 16.1. The molecule has 1 aliphatic rings. The summed E-state index contributed by atoms with van der Waals surface area (Å²) in [6, 6.07) is 9.89. The first-order valence-corrected chi connectivity index (χ1v) is 7.10. The Labute approximate surface area is 115 Å². The minimum atomic E-state index is -0.0616. The topological polar surface area (TPSA) is 55.1 Å². The average molecular weight is 260 g/mol. The van der Waals surface area contributed by atoms with Crippen LogP contribution in [0, 0.1) is 5.92 Å². The maximum Gasteiger partial charge on any atom is 0.220 e. The maximum atomic E-state index is 12.0. The van der Waals surface area contributed by atoms with Gasteiger partial charge in [-0.3, -0.25) is 4.79 Å². The fourth-order valence-electron chi connectivity index (χ4n) is 2.48. The maximum absolute atomic E-state index is 12.0. The summed E-state index contributed by atoms with van der Waals surface area (Å²) < 4.78 is 0. The molecule has 3 heteroatoms. The molecule has 1 saturated carbocycles. The first kappa shape index (κ1) is 14.1. The van der Waals surface area contributed by atoms with Gasteiger partial charge in [-0.15, -0.1) is 0 Å². The van der Waals surface area contributed by atoms with Crippen LogP contribution in [0.25, 0.3) is 0 Å². The number of amides is 1. The van der Waals surface area contributed by atoms with Crippen molar-refractivity contribution in [3.63, 3.8) is 0 Å². The first-order valence-electron chi connectivity index (χ1n) is 7.10. The van der Waals surface area contributed by atoms with E-state index in [0.29, 0.717) is 18.8 Å². The van der Waals surface area contributed by atoms with E-state index in [2.05, 4.69) is 19.2 Å². The molecule has 0 radical (unpaired) electrons. The lowest BCUT2D eigenvalue weighted by Crippen LogP contribution is -2.45. The van der Waals surface area contributed by atoms with Gasteiger partial charge in [-0.1, -0.05) is 30.3 Å². The van der Waals surface area contributed by atoms with E-state index in [9.17, 15) is 4.79 Å². The number of nitrogens with two attached hydrogens (primary N) is 1. The summed E-state index contributed by atoms with van der Waals surface area (Å²) in [6.45, 7) is 4.22. The Hall–Kier alpha value is -1.35. The monoisotopic (exact) mass is 260 g/mol. The molecule has 104 valence electrons. The van der Waals surface area contributed by atoms with Crippen molar-refractivity contribution in [1.82, 2.24) is 5.32 Å². The van der Waals surface area contributed by atoms with Gasteiger partial charge in [0, 0.05) is 18.0 Å². The molecule has 1 aromatic carbocycles. The molecule has 1 aromatic rings. The predicted octanol–water partition coefficient (Wildman–Crippen LogP) is 2.77. The van der Waals surface area contributed by atoms with Gasteiger partial charge in [0.2, 0.25) is 5.91 Å². The van der Waals surface area contributed by atoms with E-state index in [4.69, 9.17) is 5.73 Å². The van der Waals surface area contributed by atoms with Crippen LogP contribution in [-0.2, 0) is 4.79 Å². The van der Waals surface area contributed by atoms with Crippen molar-refractivity contribution < 1.29 is 4.79 Å². The van der Waals surface area contributed by atoms with Crippen molar-refractivity contribution in [3.8, 4) is 0 Å². The third-order valence-corrected chi connectivity index (χ3v) is 3.97. The standard InChI is InChI=1S/C16H24N2O/c1-16(2,13-8-9-13)18-15(19)11-10-14(17)12-6-4-3-5-7-12/h3-7,13-14H,8-11,17H2,1-2H3,(H,18,19). The van der Waals surface area contributed by atoms with Crippen LogP contribution >= 0.6 is 0 Å². The minimum Gasteiger partial charge on any atom is -0.351 e. The number of nitrogens with one attached hydrogen (secondary N) is 1. The first-order chi connectivity index (χ1) is 8.99. The van der Waals surface area contributed by atoms with Crippen LogP contribution in [-0.4, -0.2) is 11.4 Å². The Bertz CT molecular complexity index is 424. The number of hydrogen-bond acceptors (Lipinski definition) is 2. The predicted molar refractivity (Wildman–Crippen MR) is 77.6 cm³/mol. The lowest BCUT2D eigenvalue weighted by atomic mass is 9.97. The minimum absolute atomic E-state index is 0.0593. The van der Waals surface area contributed by atoms with Gasteiger partial charge in [0.1, 0.15) is 0 Å². The number of carbonyl (C=O) groups is 1. The lowest BCUT2D eigenvalue weighted by Gasteiger charge is -2.26. The molecule has 2 rings (SSSR count). The zero-order chi connectivity index (χ0) is 13.9. The largest absolute Gasteiger partial charge is 0.351 e. The highest BCUT2D eigenvalue weighted by molar-refractivity contribution is 5.76. The second-order valence-electron chi connectivity index (χ2n) is 6.10. The molecule has 1 fully saturated rings. The lowest BCUT2D eigenvalue weighted by molar-refractivity contribution is -0.123. The summed E-state index contributed by atoms with van der Waals surface area (Å²) in [5.41, 5.74) is 7.13. The highest BCUT2D eigenvalue weighted by Crippen LogP contribution is 2.39. The molecule has 19 heavy (non-hydrogen) atoms. The van der Waals surface area contributed by atoms with E-state index in [0.717, 1.165) is 5.56 Å². The van der Waals surface area contributed by atoms with Crippen LogP contribution in [0.3, 0.4) is 0 Å². The van der Waals surface area contributed by atoms with Crippen LogP contribution in [0.15, 0.2) is 30.3 Å². The molecule has 1 unspecified atom stereocenters. The fourth-order valence-corrected chi connectivity index (χ4v) is 2.48. The van der Waals surface area contributed by atoms with Crippen molar-refractivity contribution in [2.75, 3.05) is 0 Å². The molecular weight excluding hydrogens is 236 g/mol. The van der Waals surface area contributed by atoms with E-state index in [1.54, 1.807) is 0 Å². The van der Waals surface area contributed by atoms with Crippen LogP contribution in [0.1, 0.15) is 51.1 Å².